The molecule has 3 rings (SSSR count). The number of halogens is 1. The number of piperidine rings is 1. The second kappa shape index (κ2) is 8.92. The van der Waals surface area contributed by atoms with Gasteiger partial charge < -0.3 is 15.7 Å². The van der Waals surface area contributed by atoms with Crippen molar-refractivity contribution in [1.29, 1.82) is 0 Å². The van der Waals surface area contributed by atoms with Crippen LogP contribution < -0.4 is 10.6 Å². The Morgan fingerprint density at radius 3 is 2.53 bits per heavy atom. The van der Waals surface area contributed by atoms with E-state index in [4.69, 9.17) is 11.6 Å². The van der Waals surface area contributed by atoms with E-state index in [1.807, 2.05) is 0 Å². The van der Waals surface area contributed by atoms with Crippen LogP contribution >= 0.6 is 11.6 Å². The summed E-state index contributed by atoms with van der Waals surface area (Å²) in [6.07, 6.45) is 3.44. The second-order valence-corrected chi connectivity index (χ2v) is 9.55. The number of benzene rings is 1. The number of rotatable bonds is 6. The fourth-order valence-electron chi connectivity index (χ4n) is 4.79. The molecule has 1 saturated heterocycles. The highest BCUT2D eigenvalue weighted by Crippen LogP contribution is 2.39. The fourth-order valence-corrected chi connectivity index (χ4v) is 4.98. The Morgan fingerprint density at radius 2 is 1.90 bits per heavy atom. The maximum absolute atomic E-state index is 12.9. The number of pyridine rings is 1. The Kier molecular flexibility index (Phi) is 6.70. The number of hydrogen-bond donors (Lipinski definition) is 3. The van der Waals surface area contributed by atoms with Gasteiger partial charge in [0, 0.05) is 40.6 Å². The molecule has 0 saturated carbocycles. The van der Waals surface area contributed by atoms with E-state index in [-0.39, 0.29) is 29.6 Å². The predicted octanol–water partition coefficient (Wildman–Crippen LogP) is 4.41. The van der Waals surface area contributed by atoms with Gasteiger partial charge in [-0.2, -0.15) is 0 Å². The molecular weight excluding hydrogens is 400 g/mol. The SMILES string of the molecule is CC1(C)CC(Nc2ncccc2C(=O)Nc2cccc(Cl)c2)CC(C)(C)N1CCO. The van der Waals surface area contributed by atoms with Gasteiger partial charge in [0.05, 0.1) is 12.2 Å². The van der Waals surface area contributed by atoms with Crippen molar-refractivity contribution in [3.8, 4) is 0 Å². The number of aliphatic hydroxyl groups excluding tert-OH is 1. The fraction of sp³-hybridized carbons (Fsp3) is 0.478. The smallest absolute Gasteiger partial charge is 0.259 e. The Bertz CT molecular complexity index is 882. The van der Waals surface area contributed by atoms with Gasteiger partial charge in [0.25, 0.3) is 5.91 Å². The van der Waals surface area contributed by atoms with Crippen LogP contribution in [0.3, 0.4) is 0 Å². The number of aromatic nitrogens is 1. The number of anilines is 2. The van der Waals surface area contributed by atoms with Gasteiger partial charge in [0.2, 0.25) is 0 Å². The van der Waals surface area contributed by atoms with E-state index < -0.39 is 0 Å². The summed E-state index contributed by atoms with van der Waals surface area (Å²) in [6.45, 7) is 9.57. The van der Waals surface area contributed by atoms with Gasteiger partial charge in [-0.1, -0.05) is 17.7 Å². The standard InChI is InChI=1S/C23H31ClN4O2/c1-22(2)14-18(15-23(3,4)28(22)11-12-29)26-20-19(9-6-10-25-20)21(30)27-17-8-5-7-16(24)13-17/h5-10,13,18,29H,11-12,14-15H2,1-4H3,(H,25,26)(H,27,30). The van der Waals surface area contributed by atoms with Crippen LogP contribution in [0.25, 0.3) is 0 Å². The average molecular weight is 431 g/mol. The molecular formula is C23H31ClN4O2. The van der Waals surface area contributed by atoms with Gasteiger partial charge in [-0.3, -0.25) is 9.69 Å². The number of amides is 1. The Hall–Kier alpha value is -2.15. The van der Waals surface area contributed by atoms with Gasteiger partial charge in [-0.25, -0.2) is 4.98 Å². The molecule has 1 fully saturated rings. The third-order valence-corrected chi connectivity index (χ3v) is 5.99. The van der Waals surface area contributed by atoms with Crippen molar-refractivity contribution in [1.82, 2.24) is 9.88 Å². The summed E-state index contributed by atoms with van der Waals surface area (Å²) in [5, 5.41) is 16.5. The largest absolute Gasteiger partial charge is 0.395 e. The van der Waals surface area contributed by atoms with Crippen LogP contribution in [0, 0.1) is 0 Å². The molecule has 0 bridgehead atoms. The minimum absolute atomic E-state index is 0.0971. The summed E-state index contributed by atoms with van der Waals surface area (Å²) in [6, 6.07) is 10.8. The van der Waals surface area contributed by atoms with Crippen molar-refractivity contribution in [2.45, 2.75) is 57.7 Å². The van der Waals surface area contributed by atoms with Gasteiger partial charge in [-0.05, 0) is 70.9 Å². The molecule has 30 heavy (non-hydrogen) atoms. The first-order valence-electron chi connectivity index (χ1n) is 10.3. The molecule has 1 amide bonds. The number of carbonyl (C=O) groups excluding carboxylic acids is 1. The minimum Gasteiger partial charge on any atom is -0.395 e. The summed E-state index contributed by atoms with van der Waals surface area (Å²) in [4.78, 5) is 19.7. The lowest BCUT2D eigenvalue weighted by Gasteiger charge is -2.55. The molecule has 0 atom stereocenters. The summed E-state index contributed by atoms with van der Waals surface area (Å²) < 4.78 is 0. The zero-order valence-corrected chi connectivity index (χ0v) is 18.8. The molecule has 1 aliphatic rings. The topological polar surface area (TPSA) is 77.5 Å². The second-order valence-electron chi connectivity index (χ2n) is 9.11. The number of carbonyl (C=O) groups is 1. The zero-order valence-electron chi connectivity index (χ0n) is 18.1. The first-order chi connectivity index (χ1) is 14.1. The molecule has 2 heterocycles. The Balaban J connectivity index is 1.79. The molecule has 7 heteroatoms. The molecule has 0 spiro atoms. The average Bonchev–Trinajstić information content (AvgIpc) is 2.64. The van der Waals surface area contributed by atoms with Crippen LogP contribution in [0.5, 0.6) is 0 Å². The summed E-state index contributed by atoms with van der Waals surface area (Å²) in [5.74, 6) is 0.341. The quantitative estimate of drug-likeness (QED) is 0.632. The highest BCUT2D eigenvalue weighted by Gasteiger charge is 2.45. The van der Waals surface area contributed by atoms with Crippen molar-refractivity contribution in [2.75, 3.05) is 23.8 Å². The molecule has 0 unspecified atom stereocenters. The van der Waals surface area contributed by atoms with E-state index in [2.05, 4.69) is 48.2 Å². The van der Waals surface area contributed by atoms with Crippen molar-refractivity contribution < 1.29 is 9.90 Å². The van der Waals surface area contributed by atoms with E-state index in [1.54, 1.807) is 42.6 Å². The zero-order chi connectivity index (χ0) is 21.9. The Labute approximate surface area is 183 Å². The van der Waals surface area contributed by atoms with Gasteiger partial charge in [-0.15, -0.1) is 0 Å². The van der Waals surface area contributed by atoms with Crippen molar-refractivity contribution >= 4 is 29.0 Å². The third kappa shape index (κ3) is 5.12. The molecule has 2 aromatic rings. The van der Waals surface area contributed by atoms with Gasteiger partial charge in [0.1, 0.15) is 5.82 Å². The number of hydrogen-bond acceptors (Lipinski definition) is 5. The maximum atomic E-state index is 12.9. The lowest BCUT2D eigenvalue weighted by Crippen LogP contribution is -2.63. The molecule has 0 aliphatic carbocycles. The number of β-amino-alcohol motifs (C(OH)–C–C–N with tert-alkyl or cyclic N) is 1. The van der Waals surface area contributed by atoms with E-state index >= 15 is 0 Å². The lowest BCUT2D eigenvalue weighted by molar-refractivity contribution is -0.0407. The van der Waals surface area contributed by atoms with E-state index in [0.717, 1.165) is 12.8 Å². The highest BCUT2D eigenvalue weighted by molar-refractivity contribution is 6.31. The molecule has 3 N–H and O–H groups in total. The third-order valence-electron chi connectivity index (χ3n) is 5.75. The molecule has 1 aromatic heterocycles. The number of nitrogens with one attached hydrogen (secondary N) is 2. The van der Waals surface area contributed by atoms with Gasteiger partial charge >= 0.3 is 0 Å². The maximum Gasteiger partial charge on any atom is 0.259 e. The van der Waals surface area contributed by atoms with Crippen LogP contribution in [0.1, 0.15) is 50.9 Å². The lowest BCUT2D eigenvalue weighted by atomic mass is 9.77. The van der Waals surface area contributed by atoms with Crippen LogP contribution in [-0.4, -0.2) is 51.2 Å². The minimum atomic E-state index is -0.232. The molecule has 0 radical (unpaired) electrons. The van der Waals surface area contributed by atoms with E-state index in [9.17, 15) is 9.90 Å². The monoisotopic (exact) mass is 430 g/mol. The number of likely N-dealkylation sites (tertiary alicyclic amines) is 1. The predicted molar refractivity (Wildman–Crippen MR) is 122 cm³/mol. The van der Waals surface area contributed by atoms with Crippen LogP contribution in [0.15, 0.2) is 42.6 Å². The molecule has 6 nitrogen and oxygen atoms in total. The van der Waals surface area contributed by atoms with Crippen molar-refractivity contribution in [3.63, 3.8) is 0 Å². The van der Waals surface area contributed by atoms with Crippen LogP contribution in [0.2, 0.25) is 5.02 Å². The molecule has 1 aliphatic heterocycles. The Morgan fingerprint density at radius 1 is 1.20 bits per heavy atom. The van der Waals surface area contributed by atoms with Crippen molar-refractivity contribution in [3.05, 3.63) is 53.2 Å². The van der Waals surface area contributed by atoms with E-state index in [1.165, 1.54) is 0 Å². The summed E-state index contributed by atoms with van der Waals surface area (Å²) in [7, 11) is 0. The summed E-state index contributed by atoms with van der Waals surface area (Å²) in [5.41, 5.74) is 0.938. The normalized spacial score (nSPS) is 18.7. The number of aliphatic hydroxyl groups is 1. The molecule has 1 aromatic carbocycles. The number of nitrogens with zero attached hydrogens (tertiary/aromatic N) is 2. The van der Waals surface area contributed by atoms with Crippen LogP contribution in [-0.2, 0) is 0 Å². The van der Waals surface area contributed by atoms with Crippen molar-refractivity contribution in [2.24, 2.45) is 0 Å². The summed E-state index contributed by atoms with van der Waals surface area (Å²) >= 11 is 6.03. The first kappa shape index (κ1) is 22.5. The van der Waals surface area contributed by atoms with E-state index in [0.29, 0.717) is 28.6 Å². The first-order valence-corrected chi connectivity index (χ1v) is 10.7. The highest BCUT2D eigenvalue weighted by atomic mass is 35.5. The van der Waals surface area contributed by atoms with Crippen LogP contribution in [0.4, 0.5) is 11.5 Å². The van der Waals surface area contributed by atoms with Gasteiger partial charge in [0.15, 0.2) is 0 Å². The molecule has 162 valence electrons.